The molecule has 1 aliphatic heterocycles. The number of rotatable bonds is 3. The highest BCUT2D eigenvalue weighted by Crippen LogP contribution is 2.34. The lowest BCUT2D eigenvalue weighted by molar-refractivity contribution is -0.117. The van der Waals surface area contributed by atoms with Crippen molar-refractivity contribution in [1.82, 2.24) is 9.97 Å². The van der Waals surface area contributed by atoms with Gasteiger partial charge >= 0.3 is 0 Å². The highest BCUT2D eigenvalue weighted by molar-refractivity contribution is 5.95. The summed E-state index contributed by atoms with van der Waals surface area (Å²) in [5.74, 6) is 0.641. The van der Waals surface area contributed by atoms with E-state index in [4.69, 9.17) is 0 Å². The van der Waals surface area contributed by atoms with Crippen LogP contribution < -0.4 is 10.6 Å². The van der Waals surface area contributed by atoms with Crippen molar-refractivity contribution in [3.8, 4) is 0 Å². The molecule has 2 aromatic heterocycles. The second kappa shape index (κ2) is 5.72. The maximum absolute atomic E-state index is 11.8. The number of anilines is 2. The Morgan fingerprint density at radius 1 is 1.38 bits per heavy atom. The van der Waals surface area contributed by atoms with E-state index in [1.807, 2.05) is 19.1 Å². The molecule has 1 saturated carbocycles. The fourth-order valence-corrected chi connectivity index (χ4v) is 2.81. The molecule has 3 N–H and O–H groups in total. The molecule has 2 aliphatic rings. The summed E-state index contributed by atoms with van der Waals surface area (Å²) in [5.41, 5.74) is 4.30. The third-order valence-corrected chi connectivity index (χ3v) is 4.38. The first-order valence-electron chi connectivity index (χ1n) is 8.00. The molecule has 2 aromatic rings. The minimum atomic E-state index is -0.838. The number of amides is 1. The zero-order valence-corrected chi connectivity index (χ0v) is 13.3. The average molecular weight is 322 g/mol. The van der Waals surface area contributed by atoms with Crippen LogP contribution in [0.15, 0.2) is 30.7 Å². The predicted octanol–water partition coefficient (Wildman–Crippen LogP) is 2.42. The summed E-state index contributed by atoms with van der Waals surface area (Å²) in [5, 5.41) is 16.3. The lowest BCUT2D eigenvalue weighted by atomic mass is 9.96. The van der Waals surface area contributed by atoms with Crippen LogP contribution in [0.4, 0.5) is 11.5 Å². The first kappa shape index (κ1) is 14.8. The number of nitrogens with one attached hydrogen (secondary N) is 2. The molecule has 24 heavy (non-hydrogen) atoms. The number of hydrogen-bond acceptors (Lipinski definition) is 5. The predicted molar refractivity (Wildman–Crippen MR) is 92.1 cm³/mol. The van der Waals surface area contributed by atoms with Crippen LogP contribution in [0.5, 0.6) is 0 Å². The van der Waals surface area contributed by atoms with Gasteiger partial charge in [0.2, 0.25) is 5.91 Å². The normalized spacial score (nSPS) is 19.1. The van der Waals surface area contributed by atoms with E-state index in [0.29, 0.717) is 5.82 Å². The van der Waals surface area contributed by atoms with Gasteiger partial charge in [0.05, 0.1) is 0 Å². The monoisotopic (exact) mass is 322 g/mol. The van der Waals surface area contributed by atoms with Gasteiger partial charge in [-0.3, -0.25) is 9.78 Å². The standard InChI is InChI=1S/C18H18N4O2/c1-10-4-5-19-9-14(10)13-6-12-8-20-16(7-15(12)21-18(13)24)22-17(23)11-2-3-11/h4-9,11,18,21,24H,2-3H2,1H3,(H,20,22,23). The Kier molecular flexibility index (Phi) is 3.54. The van der Waals surface area contributed by atoms with Crippen LogP contribution in [0.1, 0.15) is 29.5 Å². The van der Waals surface area contributed by atoms with Gasteiger partial charge in [0.15, 0.2) is 6.23 Å². The Hall–Kier alpha value is -2.73. The fourth-order valence-electron chi connectivity index (χ4n) is 2.81. The number of carbonyl (C=O) groups is 1. The topological polar surface area (TPSA) is 87.1 Å². The van der Waals surface area contributed by atoms with E-state index in [1.54, 1.807) is 24.7 Å². The highest BCUT2D eigenvalue weighted by Gasteiger charge is 2.30. The zero-order valence-electron chi connectivity index (χ0n) is 13.3. The second-order valence-corrected chi connectivity index (χ2v) is 6.26. The average Bonchev–Trinajstić information content (AvgIpc) is 3.40. The van der Waals surface area contributed by atoms with Gasteiger partial charge in [-0.2, -0.15) is 0 Å². The van der Waals surface area contributed by atoms with Gasteiger partial charge in [-0.25, -0.2) is 4.98 Å². The molecule has 1 aliphatic carbocycles. The minimum absolute atomic E-state index is 0.0148. The molecule has 1 amide bonds. The molecule has 3 heterocycles. The Morgan fingerprint density at radius 2 is 2.21 bits per heavy atom. The maximum atomic E-state index is 11.8. The first-order valence-corrected chi connectivity index (χ1v) is 8.00. The maximum Gasteiger partial charge on any atom is 0.228 e. The number of aliphatic hydroxyl groups excluding tert-OH is 1. The quantitative estimate of drug-likeness (QED) is 0.808. The largest absolute Gasteiger partial charge is 0.369 e. The van der Waals surface area contributed by atoms with Gasteiger partial charge in [0, 0.05) is 53.0 Å². The number of carbonyl (C=O) groups excluding carboxylic acids is 1. The first-order chi connectivity index (χ1) is 11.6. The lowest BCUT2D eigenvalue weighted by Gasteiger charge is -2.25. The van der Waals surface area contributed by atoms with Crippen molar-refractivity contribution in [3.05, 3.63) is 47.4 Å². The molecular formula is C18H18N4O2. The van der Waals surface area contributed by atoms with E-state index in [-0.39, 0.29) is 11.8 Å². The molecule has 1 unspecified atom stereocenters. The van der Waals surface area contributed by atoms with Crippen LogP contribution in [0, 0.1) is 12.8 Å². The zero-order chi connectivity index (χ0) is 16.7. The van der Waals surface area contributed by atoms with Gasteiger partial charge in [-0.1, -0.05) is 0 Å². The molecule has 0 saturated heterocycles. The third-order valence-electron chi connectivity index (χ3n) is 4.38. The van der Waals surface area contributed by atoms with E-state index in [0.717, 1.165) is 40.8 Å². The summed E-state index contributed by atoms with van der Waals surface area (Å²) in [6.07, 6.45) is 8.13. The molecule has 4 rings (SSSR count). The molecule has 1 fully saturated rings. The van der Waals surface area contributed by atoms with E-state index in [1.165, 1.54) is 0 Å². The smallest absolute Gasteiger partial charge is 0.228 e. The van der Waals surface area contributed by atoms with E-state index >= 15 is 0 Å². The molecule has 122 valence electrons. The second-order valence-electron chi connectivity index (χ2n) is 6.26. The number of nitrogens with zero attached hydrogens (tertiary/aromatic N) is 2. The highest BCUT2D eigenvalue weighted by atomic mass is 16.3. The van der Waals surface area contributed by atoms with Crippen LogP contribution >= 0.6 is 0 Å². The molecule has 0 bridgehead atoms. The van der Waals surface area contributed by atoms with Crippen molar-refractivity contribution >= 4 is 29.1 Å². The Bertz CT molecular complexity index is 843. The van der Waals surface area contributed by atoms with Crippen LogP contribution in [-0.2, 0) is 4.79 Å². The summed E-state index contributed by atoms with van der Waals surface area (Å²) in [6.45, 7) is 1.98. The van der Waals surface area contributed by atoms with Crippen molar-refractivity contribution < 1.29 is 9.90 Å². The summed E-state index contributed by atoms with van der Waals surface area (Å²) in [4.78, 5) is 20.3. The van der Waals surface area contributed by atoms with Crippen molar-refractivity contribution in [3.63, 3.8) is 0 Å². The Labute approximate surface area is 139 Å². The number of aromatic nitrogens is 2. The van der Waals surface area contributed by atoms with Crippen LogP contribution in [0.25, 0.3) is 11.6 Å². The van der Waals surface area contributed by atoms with E-state index < -0.39 is 6.23 Å². The van der Waals surface area contributed by atoms with Gasteiger partial charge < -0.3 is 15.7 Å². The Balaban J connectivity index is 1.65. The van der Waals surface area contributed by atoms with Crippen molar-refractivity contribution in [2.75, 3.05) is 10.6 Å². The third kappa shape index (κ3) is 2.76. The van der Waals surface area contributed by atoms with Crippen LogP contribution in [0.3, 0.4) is 0 Å². The van der Waals surface area contributed by atoms with Gasteiger partial charge in [0.25, 0.3) is 0 Å². The number of hydrogen-bond donors (Lipinski definition) is 3. The Morgan fingerprint density at radius 3 is 2.96 bits per heavy atom. The van der Waals surface area contributed by atoms with Gasteiger partial charge in [0.1, 0.15) is 5.82 Å². The molecule has 0 radical (unpaired) electrons. The van der Waals surface area contributed by atoms with E-state index in [9.17, 15) is 9.90 Å². The number of pyridine rings is 2. The van der Waals surface area contributed by atoms with Crippen molar-refractivity contribution in [2.24, 2.45) is 5.92 Å². The molecule has 6 nitrogen and oxygen atoms in total. The molecule has 0 spiro atoms. The molecule has 1 atom stereocenters. The number of fused-ring (bicyclic) bond motifs is 1. The van der Waals surface area contributed by atoms with Crippen molar-refractivity contribution in [1.29, 1.82) is 0 Å². The van der Waals surface area contributed by atoms with E-state index in [2.05, 4.69) is 20.6 Å². The summed E-state index contributed by atoms with van der Waals surface area (Å²) in [7, 11) is 0. The summed E-state index contributed by atoms with van der Waals surface area (Å²) >= 11 is 0. The van der Waals surface area contributed by atoms with Crippen molar-refractivity contribution in [2.45, 2.75) is 26.0 Å². The molecular weight excluding hydrogens is 304 g/mol. The lowest BCUT2D eigenvalue weighted by Crippen LogP contribution is -2.25. The minimum Gasteiger partial charge on any atom is -0.369 e. The van der Waals surface area contributed by atoms with Crippen LogP contribution in [-0.4, -0.2) is 27.2 Å². The fraction of sp³-hybridized carbons (Fsp3) is 0.278. The summed E-state index contributed by atoms with van der Waals surface area (Å²) < 4.78 is 0. The SMILES string of the molecule is Cc1ccncc1C1=Cc2cnc(NC(=O)C3CC3)cc2NC1O. The van der Waals surface area contributed by atoms with Gasteiger partial charge in [-0.15, -0.1) is 0 Å². The number of aryl methyl sites for hydroxylation is 1. The van der Waals surface area contributed by atoms with Crippen LogP contribution in [0.2, 0.25) is 0 Å². The molecule has 6 heteroatoms. The van der Waals surface area contributed by atoms with Gasteiger partial charge in [-0.05, 0) is 37.5 Å². The number of aliphatic hydroxyl groups is 1. The summed E-state index contributed by atoms with van der Waals surface area (Å²) in [6, 6.07) is 3.66. The molecule has 0 aromatic carbocycles.